The van der Waals surface area contributed by atoms with Crippen molar-refractivity contribution in [3.05, 3.63) is 71.8 Å². The van der Waals surface area contributed by atoms with Crippen molar-refractivity contribution in [1.82, 2.24) is 0 Å². The lowest BCUT2D eigenvalue weighted by Gasteiger charge is -2.34. The van der Waals surface area contributed by atoms with E-state index in [1.165, 1.54) is 36.8 Å². The summed E-state index contributed by atoms with van der Waals surface area (Å²) in [6, 6.07) is 22.1. The first-order valence-electron chi connectivity index (χ1n) is 7.92. The van der Waals surface area contributed by atoms with Crippen molar-refractivity contribution in [1.29, 1.82) is 0 Å². The molecule has 1 saturated carbocycles. The van der Waals surface area contributed by atoms with Crippen LogP contribution in [0.4, 0.5) is 0 Å². The largest absolute Gasteiger partial charge is 0.0622 e. The fourth-order valence-electron chi connectivity index (χ4n) is 3.84. The molecule has 0 saturated heterocycles. The molecule has 0 nitrogen and oxygen atoms in total. The van der Waals surface area contributed by atoms with E-state index in [1.807, 2.05) is 0 Å². The lowest BCUT2D eigenvalue weighted by atomic mass is 9.71. The molecule has 0 amide bonds. The Labute approximate surface area is 122 Å². The molecular formula is C20H24. The van der Waals surface area contributed by atoms with E-state index in [0.29, 0.717) is 0 Å². The summed E-state index contributed by atoms with van der Waals surface area (Å²) in [6.45, 7) is 2.44. The predicted molar refractivity (Wildman–Crippen MR) is 85.8 cm³/mol. The van der Waals surface area contributed by atoms with Gasteiger partial charge in [-0.2, -0.15) is 0 Å². The summed E-state index contributed by atoms with van der Waals surface area (Å²) in [5.41, 5.74) is 3.04. The fourth-order valence-corrected chi connectivity index (χ4v) is 3.84. The van der Waals surface area contributed by atoms with Crippen LogP contribution < -0.4 is 0 Å². The number of benzene rings is 2. The molecule has 104 valence electrons. The number of hydrogen-bond donors (Lipinski definition) is 0. The molecule has 20 heavy (non-hydrogen) atoms. The summed E-state index contributed by atoms with van der Waals surface area (Å²) in [7, 11) is 0. The summed E-state index contributed by atoms with van der Waals surface area (Å²) in [6.07, 6.45) is 5.35. The van der Waals surface area contributed by atoms with Crippen LogP contribution in [-0.2, 0) is 6.42 Å². The van der Waals surface area contributed by atoms with Gasteiger partial charge in [-0.25, -0.2) is 0 Å². The van der Waals surface area contributed by atoms with Gasteiger partial charge in [0.1, 0.15) is 0 Å². The minimum Gasteiger partial charge on any atom is -0.0622 e. The summed E-state index contributed by atoms with van der Waals surface area (Å²) in [5, 5.41) is 0. The van der Waals surface area contributed by atoms with Gasteiger partial charge < -0.3 is 0 Å². The van der Waals surface area contributed by atoms with E-state index in [1.54, 1.807) is 0 Å². The maximum atomic E-state index is 2.44. The quantitative estimate of drug-likeness (QED) is 0.691. The van der Waals surface area contributed by atoms with Crippen LogP contribution in [-0.4, -0.2) is 0 Å². The van der Waals surface area contributed by atoms with Crippen LogP contribution in [0.5, 0.6) is 0 Å². The van der Waals surface area contributed by atoms with Crippen molar-refractivity contribution < 1.29 is 0 Å². The summed E-state index contributed by atoms with van der Waals surface area (Å²) in [5.74, 6) is 2.44. The standard InChI is InChI=1S/C20H24/c1-16-14-18(15-17-8-4-2-5-9-17)12-13-20(16)19-10-6-3-7-11-19/h2-11,16,18,20H,12-15H2,1H3/t16?,18-,20-/m0/s1. The van der Waals surface area contributed by atoms with Crippen molar-refractivity contribution in [2.45, 2.75) is 38.5 Å². The Morgan fingerprint density at radius 1 is 0.850 bits per heavy atom. The van der Waals surface area contributed by atoms with Gasteiger partial charge in [0.25, 0.3) is 0 Å². The third-order valence-corrected chi connectivity index (χ3v) is 4.87. The zero-order valence-electron chi connectivity index (χ0n) is 12.3. The Balaban J connectivity index is 1.62. The van der Waals surface area contributed by atoms with Crippen LogP contribution in [0.15, 0.2) is 60.7 Å². The molecule has 2 aromatic carbocycles. The van der Waals surface area contributed by atoms with Gasteiger partial charge in [0.15, 0.2) is 0 Å². The topological polar surface area (TPSA) is 0 Å². The van der Waals surface area contributed by atoms with E-state index in [9.17, 15) is 0 Å². The Kier molecular flexibility index (Phi) is 4.20. The Bertz CT molecular complexity index is 514. The normalized spacial score (nSPS) is 26.4. The van der Waals surface area contributed by atoms with Gasteiger partial charge >= 0.3 is 0 Å². The van der Waals surface area contributed by atoms with Gasteiger partial charge in [-0.15, -0.1) is 0 Å². The highest BCUT2D eigenvalue weighted by molar-refractivity contribution is 5.21. The highest BCUT2D eigenvalue weighted by atomic mass is 14.3. The highest BCUT2D eigenvalue weighted by Gasteiger charge is 2.28. The minimum absolute atomic E-state index is 0.767. The zero-order chi connectivity index (χ0) is 13.8. The number of rotatable bonds is 3. The van der Waals surface area contributed by atoms with Gasteiger partial charge in [0, 0.05) is 0 Å². The molecule has 0 N–H and O–H groups in total. The first-order valence-corrected chi connectivity index (χ1v) is 7.92. The van der Waals surface area contributed by atoms with Crippen molar-refractivity contribution >= 4 is 0 Å². The first-order chi connectivity index (χ1) is 9.83. The molecule has 0 bridgehead atoms. The minimum atomic E-state index is 0.767. The Morgan fingerprint density at radius 3 is 2.15 bits per heavy atom. The molecule has 1 aliphatic carbocycles. The molecule has 0 spiro atoms. The molecular weight excluding hydrogens is 240 g/mol. The van der Waals surface area contributed by atoms with Gasteiger partial charge in [-0.1, -0.05) is 67.6 Å². The van der Waals surface area contributed by atoms with Crippen LogP contribution in [0, 0.1) is 11.8 Å². The molecule has 1 unspecified atom stereocenters. The van der Waals surface area contributed by atoms with E-state index in [2.05, 4.69) is 67.6 Å². The van der Waals surface area contributed by atoms with Crippen LogP contribution in [0.2, 0.25) is 0 Å². The lowest BCUT2D eigenvalue weighted by Crippen LogP contribution is -2.22. The Hall–Kier alpha value is -1.56. The summed E-state index contributed by atoms with van der Waals surface area (Å²) >= 11 is 0. The van der Waals surface area contributed by atoms with Gasteiger partial charge in [-0.05, 0) is 54.6 Å². The first kappa shape index (κ1) is 13.4. The molecule has 0 heterocycles. The van der Waals surface area contributed by atoms with Crippen molar-refractivity contribution in [3.63, 3.8) is 0 Å². The molecule has 0 aliphatic heterocycles. The summed E-state index contributed by atoms with van der Waals surface area (Å²) in [4.78, 5) is 0. The molecule has 3 rings (SSSR count). The second-order valence-electron chi connectivity index (χ2n) is 6.36. The van der Waals surface area contributed by atoms with Gasteiger partial charge in [0.2, 0.25) is 0 Å². The van der Waals surface area contributed by atoms with Gasteiger partial charge in [0.05, 0.1) is 0 Å². The maximum absolute atomic E-state index is 2.44. The van der Waals surface area contributed by atoms with E-state index < -0.39 is 0 Å². The molecule has 1 fully saturated rings. The second kappa shape index (κ2) is 6.26. The molecule has 0 radical (unpaired) electrons. The molecule has 2 aromatic rings. The van der Waals surface area contributed by atoms with Crippen LogP contribution in [0.25, 0.3) is 0 Å². The molecule has 0 heteroatoms. The average molecular weight is 264 g/mol. The third kappa shape index (κ3) is 3.12. The van der Waals surface area contributed by atoms with Crippen LogP contribution >= 0.6 is 0 Å². The fraction of sp³-hybridized carbons (Fsp3) is 0.400. The van der Waals surface area contributed by atoms with Crippen LogP contribution in [0.3, 0.4) is 0 Å². The lowest BCUT2D eigenvalue weighted by molar-refractivity contribution is 0.246. The van der Waals surface area contributed by atoms with E-state index >= 15 is 0 Å². The SMILES string of the molecule is CC1C[C@@H](Cc2ccccc2)CC[C@@H]1c1ccccc1. The average Bonchev–Trinajstić information content (AvgIpc) is 2.49. The molecule has 0 aromatic heterocycles. The van der Waals surface area contributed by atoms with Crippen molar-refractivity contribution in [2.75, 3.05) is 0 Å². The predicted octanol–water partition coefficient (Wildman–Crippen LogP) is 5.45. The number of hydrogen-bond acceptors (Lipinski definition) is 0. The Morgan fingerprint density at radius 2 is 1.50 bits per heavy atom. The smallest absolute Gasteiger partial charge is 0.0136 e. The second-order valence-corrected chi connectivity index (χ2v) is 6.36. The summed E-state index contributed by atoms with van der Waals surface area (Å²) < 4.78 is 0. The van der Waals surface area contributed by atoms with E-state index in [4.69, 9.17) is 0 Å². The highest BCUT2D eigenvalue weighted by Crippen LogP contribution is 2.41. The molecule has 1 aliphatic rings. The van der Waals surface area contributed by atoms with E-state index in [0.717, 1.165) is 17.8 Å². The van der Waals surface area contributed by atoms with E-state index in [-0.39, 0.29) is 0 Å². The van der Waals surface area contributed by atoms with Crippen molar-refractivity contribution in [3.8, 4) is 0 Å². The maximum Gasteiger partial charge on any atom is -0.0136 e. The van der Waals surface area contributed by atoms with Gasteiger partial charge in [-0.3, -0.25) is 0 Å². The third-order valence-electron chi connectivity index (χ3n) is 4.87. The van der Waals surface area contributed by atoms with Crippen molar-refractivity contribution in [2.24, 2.45) is 11.8 Å². The zero-order valence-corrected chi connectivity index (χ0v) is 12.3. The monoisotopic (exact) mass is 264 g/mol. The molecule has 3 atom stereocenters. The van der Waals surface area contributed by atoms with Crippen LogP contribution in [0.1, 0.15) is 43.2 Å².